The summed E-state index contributed by atoms with van der Waals surface area (Å²) in [5, 5.41) is 0. The van der Waals surface area contributed by atoms with Crippen molar-refractivity contribution in [1.82, 2.24) is 0 Å². The molecule has 0 radical (unpaired) electrons. The molecule has 0 aliphatic carbocycles. The molecule has 1 aromatic rings. The van der Waals surface area contributed by atoms with Crippen LogP contribution >= 0.6 is 0 Å². The minimum Gasteiger partial charge on any atom is -0.490 e. The lowest BCUT2D eigenvalue weighted by Gasteiger charge is -2.02. The van der Waals surface area contributed by atoms with E-state index in [0.29, 0.717) is 5.56 Å². The first-order valence-electron chi connectivity index (χ1n) is 4.62. The molecule has 1 aromatic carbocycles. The lowest BCUT2D eigenvalue weighted by atomic mass is 10.1. The van der Waals surface area contributed by atoms with Gasteiger partial charge in [0.15, 0.2) is 5.78 Å². The van der Waals surface area contributed by atoms with Crippen molar-refractivity contribution >= 4 is 11.8 Å². The third-order valence-corrected chi connectivity index (χ3v) is 1.93. The average molecular weight is 220 g/mol. The number of hydrogen-bond donors (Lipinski definition) is 0. The van der Waals surface area contributed by atoms with Gasteiger partial charge < -0.3 is 9.47 Å². The Morgan fingerprint density at radius 2 is 1.69 bits per heavy atom. The van der Waals surface area contributed by atoms with E-state index in [1.807, 2.05) is 0 Å². The largest absolute Gasteiger partial charge is 0.490 e. The number of carbonyl (C=O) groups excluding carboxylic acids is 2. The summed E-state index contributed by atoms with van der Waals surface area (Å²) in [7, 11) is 2.53. The molecule has 0 bridgehead atoms. The zero-order valence-electron chi connectivity index (χ0n) is 9.10. The van der Waals surface area contributed by atoms with Crippen molar-refractivity contribution in [3.63, 3.8) is 0 Å². The van der Waals surface area contributed by atoms with Crippen LogP contribution in [0.5, 0.6) is 0 Å². The van der Waals surface area contributed by atoms with Crippen molar-refractivity contribution in [1.29, 1.82) is 0 Å². The number of benzene rings is 1. The highest BCUT2D eigenvalue weighted by atomic mass is 16.6. The number of ketones is 1. The summed E-state index contributed by atoms with van der Waals surface area (Å²) in [6.07, 6.45) is 1.11. The number of rotatable bonds is 4. The summed E-state index contributed by atoms with van der Waals surface area (Å²) < 4.78 is 9.22. The van der Waals surface area contributed by atoms with Crippen LogP contribution in [0.1, 0.15) is 10.4 Å². The van der Waals surface area contributed by atoms with E-state index in [2.05, 4.69) is 4.74 Å². The molecule has 0 aromatic heterocycles. The van der Waals surface area contributed by atoms with Gasteiger partial charge in [-0.2, -0.15) is 0 Å². The van der Waals surface area contributed by atoms with Gasteiger partial charge in [-0.1, -0.05) is 30.3 Å². The van der Waals surface area contributed by atoms with Crippen molar-refractivity contribution in [3.05, 3.63) is 47.7 Å². The molecule has 0 amide bonds. The third-order valence-electron chi connectivity index (χ3n) is 1.93. The van der Waals surface area contributed by atoms with Gasteiger partial charge in [-0.05, 0) is 0 Å². The van der Waals surface area contributed by atoms with E-state index in [1.165, 1.54) is 14.2 Å². The van der Waals surface area contributed by atoms with E-state index in [4.69, 9.17) is 4.74 Å². The van der Waals surface area contributed by atoms with E-state index < -0.39 is 5.97 Å². The molecular formula is C12H12O4. The van der Waals surface area contributed by atoms with Crippen LogP contribution in [-0.2, 0) is 14.3 Å². The second-order valence-corrected chi connectivity index (χ2v) is 2.93. The average Bonchev–Trinajstić information content (AvgIpc) is 2.35. The molecular weight excluding hydrogens is 208 g/mol. The SMILES string of the molecule is COC(=O)/C(=C/C(=O)c1ccccc1)OC. The Bertz CT molecular complexity index is 406. The number of hydrogen-bond acceptors (Lipinski definition) is 4. The minimum absolute atomic E-state index is 0.114. The van der Waals surface area contributed by atoms with Gasteiger partial charge in [-0.3, -0.25) is 4.79 Å². The zero-order valence-corrected chi connectivity index (χ0v) is 9.10. The highest BCUT2D eigenvalue weighted by molar-refractivity contribution is 6.08. The summed E-state index contributed by atoms with van der Waals surface area (Å²) in [5.74, 6) is -1.09. The van der Waals surface area contributed by atoms with Crippen molar-refractivity contribution in [3.8, 4) is 0 Å². The number of carbonyl (C=O) groups is 2. The molecule has 0 unspecified atom stereocenters. The Balaban J connectivity index is 2.91. The Morgan fingerprint density at radius 3 is 2.19 bits per heavy atom. The number of esters is 1. The van der Waals surface area contributed by atoms with Gasteiger partial charge in [0.05, 0.1) is 14.2 Å². The molecule has 4 nitrogen and oxygen atoms in total. The summed E-state index contributed by atoms with van der Waals surface area (Å²) in [5.41, 5.74) is 0.487. The van der Waals surface area contributed by atoms with Crippen LogP contribution in [0.3, 0.4) is 0 Å². The number of allylic oxidation sites excluding steroid dienone is 1. The molecule has 0 aliphatic heterocycles. The maximum atomic E-state index is 11.7. The Hall–Kier alpha value is -2.10. The second kappa shape index (κ2) is 5.70. The number of methoxy groups -OCH3 is 2. The highest BCUT2D eigenvalue weighted by Gasteiger charge is 2.12. The first-order valence-corrected chi connectivity index (χ1v) is 4.62. The molecule has 0 N–H and O–H groups in total. The fraction of sp³-hybridized carbons (Fsp3) is 0.167. The molecule has 0 spiro atoms. The van der Waals surface area contributed by atoms with Crippen molar-refractivity contribution in [2.24, 2.45) is 0 Å². The second-order valence-electron chi connectivity index (χ2n) is 2.93. The normalized spacial score (nSPS) is 10.8. The molecule has 0 atom stereocenters. The van der Waals surface area contributed by atoms with Gasteiger partial charge in [0.1, 0.15) is 0 Å². The van der Waals surface area contributed by atoms with E-state index in [0.717, 1.165) is 6.08 Å². The molecule has 0 heterocycles. The molecule has 84 valence electrons. The van der Waals surface area contributed by atoms with Crippen molar-refractivity contribution < 1.29 is 19.1 Å². The standard InChI is InChI=1S/C12H12O4/c1-15-11(12(14)16-2)8-10(13)9-6-4-3-5-7-9/h3-8H,1-2H3/b11-8-. The monoisotopic (exact) mass is 220 g/mol. The number of ether oxygens (including phenoxy) is 2. The molecule has 0 saturated carbocycles. The summed E-state index contributed by atoms with van der Waals surface area (Å²) in [6, 6.07) is 8.60. The molecule has 16 heavy (non-hydrogen) atoms. The summed E-state index contributed by atoms with van der Waals surface area (Å²) in [6.45, 7) is 0. The van der Waals surface area contributed by atoms with Crippen LogP contribution in [0.4, 0.5) is 0 Å². The molecule has 0 aliphatic rings. The van der Waals surface area contributed by atoms with Crippen molar-refractivity contribution in [2.45, 2.75) is 0 Å². The van der Waals surface area contributed by atoms with Gasteiger partial charge in [-0.15, -0.1) is 0 Å². The smallest absolute Gasteiger partial charge is 0.373 e. The quantitative estimate of drug-likeness (QED) is 0.334. The van der Waals surface area contributed by atoms with Gasteiger partial charge in [0, 0.05) is 11.6 Å². The predicted molar refractivity (Wildman–Crippen MR) is 57.9 cm³/mol. The zero-order chi connectivity index (χ0) is 12.0. The lowest BCUT2D eigenvalue weighted by Crippen LogP contribution is -2.09. The van der Waals surface area contributed by atoms with E-state index in [-0.39, 0.29) is 11.5 Å². The summed E-state index contributed by atoms with van der Waals surface area (Å²) >= 11 is 0. The first kappa shape index (κ1) is 12.0. The first-order chi connectivity index (χ1) is 7.69. The highest BCUT2D eigenvalue weighted by Crippen LogP contribution is 2.05. The van der Waals surface area contributed by atoms with Crippen LogP contribution in [-0.4, -0.2) is 26.0 Å². The predicted octanol–water partition coefficient (Wildman–Crippen LogP) is 1.57. The van der Waals surface area contributed by atoms with Crippen LogP contribution in [0.25, 0.3) is 0 Å². The van der Waals surface area contributed by atoms with Crippen LogP contribution in [0.15, 0.2) is 42.2 Å². The van der Waals surface area contributed by atoms with E-state index in [9.17, 15) is 9.59 Å². The molecule has 1 rings (SSSR count). The minimum atomic E-state index is -0.674. The van der Waals surface area contributed by atoms with Gasteiger partial charge in [-0.25, -0.2) is 4.79 Å². The fourth-order valence-electron chi connectivity index (χ4n) is 1.11. The lowest BCUT2D eigenvalue weighted by molar-refractivity contribution is -0.139. The van der Waals surface area contributed by atoms with Crippen LogP contribution in [0, 0.1) is 0 Å². The topological polar surface area (TPSA) is 52.6 Å². The molecule has 0 saturated heterocycles. The van der Waals surface area contributed by atoms with E-state index in [1.54, 1.807) is 30.3 Å². The Morgan fingerprint density at radius 1 is 1.06 bits per heavy atom. The van der Waals surface area contributed by atoms with Crippen LogP contribution in [0.2, 0.25) is 0 Å². The van der Waals surface area contributed by atoms with Crippen LogP contribution < -0.4 is 0 Å². The maximum absolute atomic E-state index is 11.7. The van der Waals surface area contributed by atoms with Crippen molar-refractivity contribution in [2.75, 3.05) is 14.2 Å². The summed E-state index contributed by atoms with van der Waals surface area (Å²) in [4.78, 5) is 22.8. The van der Waals surface area contributed by atoms with E-state index >= 15 is 0 Å². The van der Waals surface area contributed by atoms with Gasteiger partial charge in [0.2, 0.25) is 5.76 Å². The maximum Gasteiger partial charge on any atom is 0.373 e. The fourth-order valence-corrected chi connectivity index (χ4v) is 1.11. The molecule has 4 heteroatoms. The Labute approximate surface area is 93.5 Å². The van der Waals surface area contributed by atoms with Gasteiger partial charge in [0.25, 0.3) is 0 Å². The molecule has 0 fully saturated rings. The van der Waals surface area contributed by atoms with Gasteiger partial charge >= 0.3 is 5.97 Å². The third kappa shape index (κ3) is 2.95. The Kier molecular flexibility index (Phi) is 4.27.